The fraction of sp³-hybridized carbons (Fsp3) is 0.889. The van der Waals surface area contributed by atoms with Gasteiger partial charge in [-0.05, 0) is 13.8 Å². The predicted octanol–water partition coefficient (Wildman–Crippen LogP) is -0.424. The summed E-state index contributed by atoms with van der Waals surface area (Å²) in [7, 11) is 0. The first-order chi connectivity index (χ1) is 6.00. The SMILES string of the molecule is CC(=O)N[C@@H]1CN(C(C)C)C[C@@H]1O. The molecular weight excluding hydrogens is 168 g/mol. The Balaban J connectivity index is 2.46. The lowest BCUT2D eigenvalue weighted by molar-refractivity contribution is -0.120. The van der Waals surface area contributed by atoms with Crippen LogP contribution in [0.4, 0.5) is 0 Å². The highest BCUT2D eigenvalue weighted by atomic mass is 16.3. The van der Waals surface area contributed by atoms with Gasteiger partial charge in [0.15, 0.2) is 0 Å². The average molecular weight is 186 g/mol. The number of nitrogens with zero attached hydrogens (tertiary/aromatic N) is 1. The van der Waals surface area contributed by atoms with E-state index in [1.165, 1.54) is 6.92 Å². The number of hydrogen-bond donors (Lipinski definition) is 2. The third-order valence-corrected chi connectivity index (χ3v) is 2.44. The van der Waals surface area contributed by atoms with Gasteiger partial charge in [0.1, 0.15) is 0 Å². The molecule has 1 amide bonds. The largest absolute Gasteiger partial charge is 0.390 e. The number of rotatable bonds is 2. The topological polar surface area (TPSA) is 52.6 Å². The van der Waals surface area contributed by atoms with Crippen molar-refractivity contribution in [2.45, 2.75) is 39.0 Å². The van der Waals surface area contributed by atoms with Crippen LogP contribution >= 0.6 is 0 Å². The average Bonchev–Trinajstić information content (AvgIpc) is 2.31. The van der Waals surface area contributed by atoms with Gasteiger partial charge in [-0.2, -0.15) is 0 Å². The van der Waals surface area contributed by atoms with Crippen LogP contribution in [0.2, 0.25) is 0 Å². The van der Waals surface area contributed by atoms with E-state index in [0.29, 0.717) is 12.6 Å². The van der Waals surface area contributed by atoms with Gasteiger partial charge in [0.25, 0.3) is 0 Å². The zero-order valence-electron chi connectivity index (χ0n) is 8.45. The summed E-state index contributed by atoms with van der Waals surface area (Å²) >= 11 is 0. The Kier molecular flexibility index (Phi) is 3.27. The molecule has 1 saturated heterocycles. The van der Waals surface area contributed by atoms with Crippen molar-refractivity contribution in [3.63, 3.8) is 0 Å². The number of aliphatic hydroxyl groups is 1. The molecule has 1 aliphatic heterocycles. The quantitative estimate of drug-likeness (QED) is 0.615. The zero-order chi connectivity index (χ0) is 10.0. The Bertz CT molecular complexity index is 194. The monoisotopic (exact) mass is 186 g/mol. The summed E-state index contributed by atoms with van der Waals surface area (Å²) in [6, 6.07) is 0.327. The second-order valence-corrected chi connectivity index (χ2v) is 3.92. The molecule has 0 unspecified atom stereocenters. The Morgan fingerprint density at radius 3 is 2.54 bits per heavy atom. The van der Waals surface area contributed by atoms with E-state index in [9.17, 15) is 9.90 Å². The van der Waals surface area contributed by atoms with Gasteiger partial charge in [-0.15, -0.1) is 0 Å². The zero-order valence-corrected chi connectivity index (χ0v) is 8.45. The first kappa shape index (κ1) is 10.5. The van der Waals surface area contributed by atoms with E-state index in [0.717, 1.165) is 6.54 Å². The van der Waals surface area contributed by atoms with Crippen molar-refractivity contribution in [2.75, 3.05) is 13.1 Å². The molecule has 0 radical (unpaired) electrons. The fourth-order valence-corrected chi connectivity index (χ4v) is 1.64. The highest BCUT2D eigenvalue weighted by molar-refractivity contribution is 5.73. The van der Waals surface area contributed by atoms with E-state index in [1.807, 2.05) is 0 Å². The van der Waals surface area contributed by atoms with Gasteiger partial charge in [-0.25, -0.2) is 0 Å². The molecule has 0 bridgehead atoms. The number of aliphatic hydroxyl groups excluding tert-OH is 1. The van der Waals surface area contributed by atoms with Crippen LogP contribution in [0.25, 0.3) is 0 Å². The molecule has 1 rings (SSSR count). The van der Waals surface area contributed by atoms with Crippen LogP contribution < -0.4 is 5.32 Å². The number of carbonyl (C=O) groups excluding carboxylic acids is 1. The molecule has 0 aliphatic carbocycles. The molecule has 0 spiro atoms. The molecule has 13 heavy (non-hydrogen) atoms. The van der Waals surface area contributed by atoms with Crippen molar-refractivity contribution < 1.29 is 9.90 Å². The van der Waals surface area contributed by atoms with Crippen LogP contribution in [-0.2, 0) is 4.79 Å². The molecule has 76 valence electrons. The molecule has 1 heterocycles. The summed E-state index contributed by atoms with van der Waals surface area (Å²) in [6.45, 7) is 7.05. The van der Waals surface area contributed by atoms with E-state index in [-0.39, 0.29) is 11.9 Å². The lowest BCUT2D eigenvalue weighted by Gasteiger charge is -2.19. The van der Waals surface area contributed by atoms with Gasteiger partial charge >= 0.3 is 0 Å². The van der Waals surface area contributed by atoms with Gasteiger partial charge in [0.05, 0.1) is 12.1 Å². The first-order valence-electron chi connectivity index (χ1n) is 4.70. The smallest absolute Gasteiger partial charge is 0.217 e. The number of amides is 1. The van der Waals surface area contributed by atoms with Crippen LogP contribution in [0.1, 0.15) is 20.8 Å². The van der Waals surface area contributed by atoms with Crippen LogP contribution in [0.5, 0.6) is 0 Å². The minimum absolute atomic E-state index is 0.0744. The standard InChI is InChI=1S/C9H18N2O2/c1-6(2)11-4-8(9(13)5-11)10-7(3)12/h6,8-9,13H,4-5H2,1-3H3,(H,10,12)/t8-,9+/m1/s1. The number of nitrogens with one attached hydrogen (secondary N) is 1. The van der Waals surface area contributed by atoms with Gasteiger partial charge in [0, 0.05) is 26.1 Å². The fourth-order valence-electron chi connectivity index (χ4n) is 1.64. The Morgan fingerprint density at radius 2 is 2.15 bits per heavy atom. The van der Waals surface area contributed by atoms with Crippen LogP contribution in [0.15, 0.2) is 0 Å². The third kappa shape index (κ3) is 2.67. The van der Waals surface area contributed by atoms with E-state index in [4.69, 9.17) is 0 Å². The Labute approximate surface area is 78.9 Å². The molecule has 4 nitrogen and oxygen atoms in total. The second-order valence-electron chi connectivity index (χ2n) is 3.92. The molecule has 0 aromatic heterocycles. The lowest BCUT2D eigenvalue weighted by atomic mass is 10.2. The van der Waals surface area contributed by atoms with Crippen molar-refractivity contribution in [3.8, 4) is 0 Å². The molecule has 0 saturated carbocycles. The van der Waals surface area contributed by atoms with Crippen LogP contribution in [0.3, 0.4) is 0 Å². The van der Waals surface area contributed by atoms with Crippen molar-refractivity contribution >= 4 is 5.91 Å². The summed E-state index contributed by atoms with van der Waals surface area (Å²) in [5, 5.41) is 12.3. The summed E-state index contributed by atoms with van der Waals surface area (Å²) in [5.74, 6) is -0.0744. The highest BCUT2D eigenvalue weighted by Gasteiger charge is 2.32. The molecule has 4 heteroatoms. The highest BCUT2D eigenvalue weighted by Crippen LogP contribution is 2.12. The molecule has 0 aromatic carbocycles. The molecular formula is C9H18N2O2. The van der Waals surface area contributed by atoms with Crippen molar-refractivity contribution in [3.05, 3.63) is 0 Å². The maximum absolute atomic E-state index is 10.8. The van der Waals surface area contributed by atoms with E-state index < -0.39 is 6.10 Å². The van der Waals surface area contributed by atoms with Gasteiger partial charge < -0.3 is 10.4 Å². The lowest BCUT2D eigenvalue weighted by Crippen LogP contribution is -2.41. The second kappa shape index (κ2) is 4.07. The van der Waals surface area contributed by atoms with Crippen LogP contribution in [0, 0.1) is 0 Å². The molecule has 2 atom stereocenters. The minimum Gasteiger partial charge on any atom is -0.390 e. The van der Waals surface area contributed by atoms with Gasteiger partial charge in [0.2, 0.25) is 5.91 Å². The predicted molar refractivity (Wildman–Crippen MR) is 50.3 cm³/mol. The number of carbonyl (C=O) groups is 1. The number of likely N-dealkylation sites (tertiary alicyclic amines) is 1. The van der Waals surface area contributed by atoms with Gasteiger partial charge in [-0.3, -0.25) is 9.69 Å². The molecule has 1 aliphatic rings. The number of hydrogen-bond acceptors (Lipinski definition) is 3. The van der Waals surface area contributed by atoms with Crippen molar-refractivity contribution in [1.29, 1.82) is 0 Å². The molecule has 2 N–H and O–H groups in total. The summed E-state index contributed by atoms with van der Waals surface area (Å²) in [4.78, 5) is 12.9. The van der Waals surface area contributed by atoms with E-state index in [2.05, 4.69) is 24.1 Å². The first-order valence-corrected chi connectivity index (χ1v) is 4.70. The maximum atomic E-state index is 10.8. The normalized spacial score (nSPS) is 29.6. The van der Waals surface area contributed by atoms with Gasteiger partial charge in [-0.1, -0.05) is 0 Å². The summed E-state index contributed by atoms with van der Waals surface area (Å²) in [5.41, 5.74) is 0. The van der Waals surface area contributed by atoms with Crippen LogP contribution in [-0.4, -0.2) is 47.2 Å². The molecule has 0 aromatic rings. The number of β-amino-alcohol motifs (C(OH)–C–C–N with tert-alkyl or cyclic N) is 1. The van der Waals surface area contributed by atoms with E-state index in [1.54, 1.807) is 0 Å². The Morgan fingerprint density at radius 1 is 1.54 bits per heavy atom. The summed E-state index contributed by atoms with van der Waals surface area (Å²) < 4.78 is 0. The minimum atomic E-state index is -0.425. The Hall–Kier alpha value is -0.610. The third-order valence-electron chi connectivity index (χ3n) is 2.44. The van der Waals surface area contributed by atoms with Crippen molar-refractivity contribution in [1.82, 2.24) is 10.2 Å². The summed E-state index contributed by atoms with van der Waals surface area (Å²) in [6.07, 6.45) is -0.425. The maximum Gasteiger partial charge on any atom is 0.217 e. The van der Waals surface area contributed by atoms with E-state index >= 15 is 0 Å². The molecule has 1 fully saturated rings. The van der Waals surface area contributed by atoms with Crippen molar-refractivity contribution in [2.24, 2.45) is 0 Å².